The van der Waals surface area contributed by atoms with Gasteiger partial charge in [-0.3, -0.25) is 14.5 Å². The van der Waals surface area contributed by atoms with E-state index in [0.29, 0.717) is 6.54 Å². The lowest BCUT2D eigenvalue weighted by Crippen LogP contribution is -2.44. The van der Waals surface area contributed by atoms with E-state index in [0.717, 1.165) is 45.3 Å². The summed E-state index contributed by atoms with van der Waals surface area (Å²) >= 11 is 0. The molecular formula is C14H27N3O2. The van der Waals surface area contributed by atoms with Crippen molar-refractivity contribution < 1.29 is 9.59 Å². The summed E-state index contributed by atoms with van der Waals surface area (Å²) in [6.45, 7) is 5.02. The molecule has 0 radical (unpaired) electrons. The van der Waals surface area contributed by atoms with Gasteiger partial charge in [0.05, 0.1) is 6.54 Å². The lowest BCUT2D eigenvalue weighted by molar-refractivity contribution is -0.134. The molecule has 0 aromatic heterocycles. The minimum atomic E-state index is 0.103. The van der Waals surface area contributed by atoms with Crippen LogP contribution < -0.4 is 5.32 Å². The Balaban J connectivity index is 2.23. The third-order valence-corrected chi connectivity index (χ3v) is 3.60. The molecule has 1 rings (SSSR count). The van der Waals surface area contributed by atoms with Gasteiger partial charge in [0.25, 0.3) is 0 Å². The molecule has 2 amide bonds. The maximum absolute atomic E-state index is 11.8. The van der Waals surface area contributed by atoms with Crippen LogP contribution in [-0.2, 0) is 9.59 Å². The van der Waals surface area contributed by atoms with Gasteiger partial charge >= 0.3 is 0 Å². The van der Waals surface area contributed by atoms with Gasteiger partial charge in [-0.15, -0.1) is 0 Å². The molecule has 1 heterocycles. The van der Waals surface area contributed by atoms with Crippen LogP contribution in [0.15, 0.2) is 0 Å². The van der Waals surface area contributed by atoms with Crippen LogP contribution >= 0.6 is 0 Å². The molecule has 110 valence electrons. The summed E-state index contributed by atoms with van der Waals surface area (Å²) in [7, 11) is 3.60. The van der Waals surface area contributed by atoms with Gasteiger partial charge in [-0.05, 0) is 32.4 Å². The summed E-state index contributed by atoms with van der Waals surface area (Å²) in [6, 6.07) is 0. The molecule has 0 bridgehead atoms. The molecule has 1 N–H and O–H groups in total. The second kappa shape index (κ2) is 8.15. The summed E-state index contributed by atoms with van der Waals surface area (Å²) in [6.07, 6.45) is 3.85. The molecule has 5 heteroatoms. The number of amides is 2. The first-order valence-corrected chi connectivity index (χ1v) is 7.24. The van der Waals surface area contributed by atoms with Gasteiger partial charge in [-0.1, -0.05) is 13.3 Å². The van der Waals surface area contributed by atoms with Crippen LogP contribution in [0, 0.1) is 5.92 Å². The smallest absolute Gasteiger partial charge is 0.234 e. The van der Waals surface area contributed by atoms with Crippen molar-refractivity contribution in [3.63, 3.8) is 0 Å². The van der Waals surface area contributed by atoms with Crippen molar-refractivity contribution in [1.29, 1.82) is 0 Å². The van der Waals surface area contributed by atoms with Gasteiger partial charge < -0.3 is 10.2 Å². The van der Waals surface area contributed by atoms with Gasteiger partial charge in [0.1, 0.15) is 0 Å². The lowest BCUT2D eigenvalue weighted by atomic mass is 9.95. The third kappa shape index (κ3) is 5.59. The lowest BCUT2D eigenvalue weighted by Gasteiger charge is -2.31. The van der Waals surface area contributed by atoms with E-state index in [-0.39, 0.29) is 17.7 Å². The highest BCUT2D eigenvalue weighted by molar-refractivity contribution is 5.79. The number of hydrogen-bond donors (Lipinski definition) is 1. The van der Waals surface area contributed by atoms with Crippen LogP contribution in [-0.4, -0.2) is 61.9 Å². The molecule has 0 aliphatic carbocycles. The summed E-state index contributed by atoms with van der Waals surface area (Å²) in [5.41, 5.74) is 0. The molecule has 1 saturated heterocycles. The zero-order valence-corrected chi connectivity index (χ0v) is 12.4. The van der Waals surface area contributed by atoms with Crippen molar-refractivity contribution in [2.45, 2.75) is 32.6 Å². The largest absolute Gasteiger partial charge is 0.355 e. The molecule has 5 nitrogen and oxygen atoms in total. The van der Waals surface area contributed by atoms with Crippen molar-refractivity contribution >= 4 is 11.8 Å². The van der Waals surface area contributed by atoms with E-state index in [4.69, 9.17) is 0 Å². The van der Waals surface area contributed by atoms with Gasteiger partial charge in [-0.2, -0.15) is 0 Å². The highest BCUT2D eigenvalue weighted by Crippen LogP contribution is 2.18. The minimum Gasteiger partial charge on any atom is -0.355 e. The van der Waals surface area contributed by atoms with Crippen molar-refractivity contribution in [2.24, 2.45) is 5.92 Å². The normalized spacial score (nSPS) is 17.2. The van der Waals surface area contributed by atoms with E-state index in [2.05, 4.69) is 17.1 Å². The van der Waals surface area contributed by atoms with Crippen molar-refractivity contribution in [2.75, 3.05) is 40.3 Å². The number of nitrogens with one attached hydrogen (secondary N) is 1. The molecule has 0 saturated carbocycles. The average Bonchev–Trinajstić information content (AvgIpc) is 2.39. The topological polar surface area (TPSA) is 52.7 Å². The summed E-state index contributed by atoms with van der Waals surface area (Å²) in [5, 5.41) is 2.93. The van der Waals surface area contributed by atoms with Crippen molar-refractivity contribution in [3.8, 4) is 0 Å². The fraction of sp³-hybridized carbons (Fsp3) is 0.857. The van der Waals surface area contributed by atoms with E-state index in [1.807, 2.05) is 0 Å². The minimum absolute atomic E-state index is 0.103. The number of piperidine rings is 1. The average molecular weight is 269 g/mol. The van der Waals surface area contributed by atoms with Crippen molar-refractivity contribution in [1.82, 2.24) is 15.1 Å². The van der Waals surface area contributed by atoms with Crippen LogP contribution in [0.5, 0.6) is 0 Å². The molecule has 0 aromatic carbocycles. The van der Waals surface area contributed by atoms with Gasteiger partial charge in [0.15, 0.2) is 0 Å². The molecule has 1 aliphatic heterocycles. The van der Waals surface area contributed by atoms with Crippen LogP contribution in [0.2, 0.25) is 0 Å². The monoisotopic (exact) mass is 269 g/mol. The van der Waals surface area contributed by atoms with Gasteiger partial charge in [0, 0.05) is 26.6 Å². The fourth-order valence-electron chi connectivity index (χ4n) is 2.37. The van der Waals surface area contributed by atoms with Crippen LogP contribution in [0.3, 0.4) is 0 Å². The SMILES string of the molecule is CCCCNC(=O)CN1CCC(C(=O)N(C)C)CC1. The highest BCUT2D eigenvalue weighted by atomic mass is 16.2. The van der Waals surface area contributed by atoms with E-state index in [9.17, 15) is 9.59 Å². The number of likely N-dealkylation sites (tertiary alicyclic amines) is 1. The second-order valence-electron chi connectivity index (χ2n) is 5.49. The van der Waals surface area contributed by atoms with Crippen molar-refractivity contribution in [3.05, 3.63) is 0 Å². The second-order valence-corrected chi connectivity index (χ2v) is 5.49. The van der Waals surface area contributed by atoms with Crippen LogP contribution in [0.1, 0.15) is 32.6 Å². The third-order valence-electron chi connectivity index (χ3n) is 3.60. The van der Waals surface area contributed by atoms with Crippen LogP contribution in [0.4, 0.5) is 0 Å². The summed E-state index contributed by atoms with van der Waals surface area (Å²) in [5.74, 6) is 0.451. The molecule has 0 aromatic rings. The van der Waals surface area contributed by atoms with Gasteiger partial charge in [-0.25, -0.2) is 0 Å². The Morgan fingerprint density at radius 1 is 1.26 bits per heavy atom. The Morgan fingerprint density at radius 2 is 1.89 bits per heavy atom. The Hall–Kier alpha value is -1.10. The summed E-state index contributed by atoms with van der Waals surface area (Å²) in [4.78, 5) is 27.3. The molecule has 0 atom stereocenters. The Morgan fingerprint density at radius 3 is 2.42 bits per heavy atom. The maximum atomic E-state index is 11.8. The predicted octanol–water partition coefficient (Wildman–Crippen LogP) is 0.703. The molecule has 0 unspecified atom stereocenters. The number of carbonyl (C=O) groups excluding carboxylic acids is 2. The van der Waals surface area contributed by atoms with E-state index >= 15 is 0 Å². The van der Waals surface area contributed by atoms with E-state index in [1.54, 1.807) is 19.0 Å². The summed E-state index contributed by atoms with van der Waals surface area (Å²) < 4.78 is 0. The molecule has 1 fully saturated rings. The molecule has 0 spiro atoms. The zero-order valence-electron chi connectivity index (χ0n) is 12.4. The van der Waals surface area contributed by atoms with Gasteiger partial charge in [0.2, 0.25) is 11.8 Å². The molecule has 1 aliphatic rings. The number of unbranched alkanes of at least 4 members (excludes halogenated alkanes) is 1. The Kier molecular flexibility index (Phi) is 6.84. The van der Waals surface area contributed by atoms with E-state index in [1.165, 1.54) is 0 Å². The first-order chi connectivity index (χ1) is 9.04. The number of carbonyl (C=O) groups is 2. The number of hydrogen-bond acceptors (Lipinski definition) is 3. The number of rotatable bonds is 6. The quantitative estimate of drug-likeness (QED) is 0.722. The molecule has 19 heavy (non-hydrogen) atoms. The van der Waals surface area contributed by atoms with Crippen LogP contribution in [0.25, 0.3) is 0 Å². The first kappa shape index (κ1) is 16.0. The predicted molar refractivity (Wildman–Crippen MR) is 75.8 cm³/mol. The Labute approximate surface area is 116 Å². The maximum Gasteiger partial charge on any atom is 0.234 e. The number of nitrogens with zero attached hydrogens (tertiary/aromatic N) is 2. The molecular weight excluding hydrogens is 242 g/mol. The van der Waals surface area contributed by atoms with E-state index < -0.39 is 0 Å². The highest BCUT2D eigenvalue weighted by Gasteiger charge is 2.26. The fourth-order valence-corrected chi connectivity index (χ4v) is 2.37. The standard InChI is InChI=1S/C14H27N3O2/c1-4-5-8-15-13(18)11-17-9-6-12(7-10-17)14(19)16(2)3/h12H,4-11H2,1-3H3,(H,15,18). The zero-order chi connectivity index (χ0) is 14.3. The first-order valence-electron chi connectivity index (χ1n) is 7.24. The Bertz CT molecular complexity index is 297.